The molecule has 33 valence electrons. The molecule has 1 rings (SSSR count). The number of hydrazine groups is 3. The Morgan fingerprint density at radius 2 is 2.50 bits per heavy atom. The number of rotatable bonds is 0. The maximum Gasteiger partial charge on any atom is 0.387 e. The zero-order valence-corrected chi connectivity index (χ0v) is 2.93. The lowest BCUT2D eigenvalue weighted by Gasteiger charge is -1.72. The average molecular weight is 88.1 g/mol. The Hall–Kier alpha value is -0.680. The fourth-order valence-electron chi connectivity index (χ4n) is 0.211. The SMILES string of the molecule is O=[N+]1[CH]NNN1. The minimum absolute atomic E-state index is 0.514. The van der Waals surface area contributed by atoms with Gasteiger partial charge < -0.3 is 0 Å². The molecule has 6 heavy (non-hydrogen) atoms. The van der Waals surface area contributed by atoms with E-state index in [2.05, 4.69) is 16.5 Å². The first-order valence-electron chi connectivity index (χ1n) is 1.45. The summed E-state index contributed by atoms with van der Waals surface area (Å²) in [6.07, 6.45) is 0. The van der Waals surface area contributed by atoms with Crippen molar-refractivity contribution in [1.29, 1.82) is 0 Å². The van der Waals surface area contributed by atoms with Gasteiger partial charge in [0, 0.05) is 0 Å². The molecule has 0 aromatic heterocycles. The average Bonchev–Trinajstić information content (AvgIpc) is 1.86. The van der Waals surface area contributed by atoms with Crippen LogP contribution in [-0.2, 0) is 0 Å². The summed E-state index contributed by atoms with van der Waals surface area (Å²) in [4.78, 5) is 10.4. The molecule has 0 amide bonds. The van der Waals surface area contributed by atoms with E-state index < -0.39 is 0 Å². The van der Waals surface area contributed by atoms with Gasteiger partial charge in [0.05, 0.1) is 4.91 Å². The Morgan fingerprint density at radius 3 is 2.67 bits per heavy atom. The van der Waals surface area contributed by atoms with Crippen molar-refractivity contribution in [2.45, 2.75) is 0 Å². The molecule has 1 radical (unpaired) electrons. The molecule has 1 aliphatic heterocycles. The molecule has 0 aromatic carbocycles. The summed E-state index contributed by atoms with van der Waals surface area (Å²) >= 11 is 0. The van der Waals surface area contributed by atoms with Gasteiger partial charge in [-0.25, -0.2) is 0 Å². The molecule has 0 unspecified atom stereocenters. The van der Waals surface area contributed by atoms with Gasteiger partial charge in [-0.2, -0.15) is 5.43 Å². The molecule has 0 spiro atoms. The van der Waals surface area contributed by atoms with Crippen LogP contribution in [0.2, 0.25) is 0 Å². The molecule has 1 aliphatic rings. The van der Waals surface area contributed by atoms with E-state index in [4.69, 9.17) is 0 Å². The van der Waals surface area contributed by atoms with E-state index in [0.29, 0.717) is 4.87 Å². The Balaban J connectivity index is 2.37. The third kappa shape index (κ3) is 0.447. The topological polar surface area (TPSA) is 56.2 Å². The monoisotopic (exact) mass is 88.0 g/mol. The minimum atomic E-state index is 0.514. The molecular weight excluding hydrogens is 84.0 g/mol. The summed E-state index contributed by atoms with van der Waals surface area (Å²) < 4.78 is 0. The molecule has 3 N–H and O–H groups in total. The van der Waals surface area contributed by atoms with Gasteiger partial charge >= 0.3 is 6.67 Å². The van der Waals surface area contributed by atoms with E-state index in [1.54, 1.807) is 0 Å². The largest absolute Gasteiger partial charge is 0.387 e. The number of nitrogens with zero attached hydrogens (tertiary/aromatic N) is 1. The van der Waals surface area contributed by atoms with Crippen LogP contribution in [0.15, 0.2) is 0 Å². The van der Waals surface area contributed by atoms with Crippen molar-refractivity contribution < 1.29 is 4.87 Å². The van der Waals surface area contributed by atoms with Crippen LogP contribution in [0.1, 0.15) is 0 Å². The van der Waals surface area contributed by atoms with E-state index >= 15 is 0 Å². The highest BCUT2D eigenvalue weighted by Gasteiger charge is 2.14. The molecule has 0 aromatic rings. The summed E-state index contributed by atoms with van der Waals surface area (Å²) in [6, 6.07) is 0. The fourth-order valence-corrected chi connectivity index (χ4v) is 0.211. The zero-order chi connectivity index (χ0) is 4.41. The maximum atomic E-state index is 9.87. The smallest absolute Gasteiger partial charge is 0.160 e. The third-order valence-corrected chi connectivity index (χ3v) is 0.420. The van der Waals surface area contributed by atoms with Crippen molar-refractivity contribution in [3.05, 3.63) is 11.6 Å². The van der Waals surface area contributed by atoms with E-state index in [1.165, 1.54) is 6.67 Å². The first-order chi connectivity index (χ1) is 2.89. The predicted molar refractivity (Wildman–Crippen MR) is 17.3 cm³/mol. The van der Waals surface area contributed by atoms with E-state index in [9.17, 15) is 4.91 Å². The lowest BCUT2D eigenvalue weighted by Crippen LogP contribution is -2.31. The van der Waals surface area contributed by atoms with Crippen LogP contribution in [0.4, 0.5) is 0 Å². The second kappa shape index (κ2) is 1.19. The van der Waals surface area contributed by atoms with E-state index in [-0.39, 0.29) is 0 Å². The fraction of sp³-hybridized carbons (Fsp3) is 0. The van der Waals surface area contributed by atoms with Gasteiger partial charge in [-0.05, 0) is 0 Å². The molecule has 1 saturated heterocycles. The highest BCUT2D eigenvalue weighted by atomic mass is 16.3. The van der Waals surface area contributed by atoms with Crippen molar-refractivity contribution in [2.24, 2.45) is 0 Å². The van der Waals surface area contributed by atoms with Crippen LogP contribution < -0.4 is 16.5 Å². The van der Waals surface area contributed by atoms with Crippen LogP contribution in [0, 0.1) is 11.6 Å². The highest BCUT2D eigenvalue weighted by Crippen LogP contribution is 1.68. The molecule has 0 saturated carbocycles. The standard InChI is InChI=1S/CH4N4O/c6-5-1-2-3-4-5/h1,3H,(H2,2,4,6)/q+1. The van der Waals surface area contributed by atoms with Crippen LogP contribution in [0.5, 0.6) is 0 Å². The van der Waals surface area contributed by atoms with Gasteiger partial charge in [0.15, 0.2) is 4.87 Å². The van der Waals surface area contributed by atoms with Gasteiger partial charge in [0.2, 0.25) is 0 Å². The van der Waals surface area contributed by atoms with Crippen molar-refractivity contribution in [3.63, 3.8) is 0 Å². The molecule has 1 heterocycles. The Bertz CT molecular complexity index is 61.9. The summed E-state index contributed by atoms with van der Waals surface area (Å²) in [5.41, 5.74) is 6.91. The summed E-state index contributed by atoms with van der Waals surface area (Å²) in [5, 5.41) is 0. The van der Waals surface area contributed by atoms with Gasteiger partial charge in [0.1, 0.15) is 0 Å². The predicted octanol–water partition coefficient (Wildman–Crippen LogP) is -1.59. The van der Waals surface area contributed by atoms with Gasteiger partial charge in [-0.15, -0.1) is 5.53 Å². The van der Waals surface area contributed by atoms with Crippen molar-refractivity contribution in [3.8, 4) is 0 Å². The zero-order valence-electron chi connectivity index (χ0n) is 2.93. The molecule has 0 bridgehead atoms. The van der Waals surface area contributed by atoms with Gasteiger partial charge in [-0.3, -0.25) is 0 Å². The first-order valence-corrected chi connectivity index (χ1v) is 1.45. The van der Waals surface area contributed by atoms with Crippen LogP contribution in [-0.4, -0.2) is 4.87 Å². The summed E-state index contributed by atoms with van der Waals surface area (Å²) in [5.74, 6) is 0. The van der Waals surface area contributed by atoms with Crippen molar-refractivity contribution in [2.75, 3.05) is 0 Å². The normalized spacial score (nSPS) is 21.0. The lowest BCUT2D eigenvalue weighted by atomic mass is 11.2. The molecule has 0 atom stereocenters. The van der Waals surface area contributed by atoms with Gasteiger partial charge in [-0.1, -0.05) is 5.53 Å². The minimum Gasteiger partial charge on any atom is -0.160 e. The van der Waals surface area contributed by atoms with E-state index in [0.717, 1.165) is 0 Å². The molecular formula is CH4N4O+. The van der Waals surface area contributed by atoms with E-state index in [1.807, 2.05) is 0 Å². The third-order valence-electron chi connectivity index (χ3n) is 0.420. The number of hydrogen-bond donors (Lipinski definition) is 3. The first kappa shape index (κ1) is 3.51. The Labute approximate surface area is 34.2 Å². The number of nitrogens with one attached hydrogen (secondary N) is 3. The van der Waals surface area contributed by atoms with Crippen LogP contribution in [0.3, 0.4) is 0 Å². The van der Waals surface area contributed by atoms with Crippen LogP contribution in [0.25, 0.3) is 0 Å². The molecule has 5 heteroatoms. The summed E-state index contributed by atoms with van der Waals surface area (Å²) in [7, 11) is 0. The van der Waals surface area contributed by atoms with Crippen molar-refractivity contribution in [1.82, 2.24) is 16.5 Å². The second-order valence-corrected chi connectivity index (χ2v) is 0.836. The molecule has 0 aliphatic carbocycles. The molecule has 5 nitrogen and oxygen atoms in total. The maximum absolute atomic E-state index is 9.87. The number of nitroso groups, excluding NO2 is 1. The van der Waals surface area contributed by atoms with Crippen LogP contribution >= 0.6 is 0 Å². The molecule has 1 fully saturated rings. The Kier molecular flexibility index (Phi) is 0.697. The van der Waals surface area contributed by atoms with Gasteiger partial charge in [0.25, 0.3) is 0 Å². The quantitative estimate of drug-likeness (QED) is 0.312. The Morgan fingerprint density at radius 1 is 1.67 bits per heavy atom. The van der Waals surface area contributed by atoms with Crippen molar-refractivity contribution >= 4 is 0 Å². The second-order valence-electron chi connectivity index (χ2n) is 0.836. The number of hydrogen-bond acceptors (Lipinski definition) is 3. The lowest BCUT2D eigenvalue weighted by molar-refractivity contribution is -0.558. The highest BCUT2D eigenvalue weighted by molar-refractivity contribution is 4.34. The summed E-state index contributed by atoms with van der Waals surface area (Å²) in [6.45, 7) is 1.21.